The fourth-order valence-electron chi connectivity index (χ4n) is 8.45. The Labute approximate surface area is 318 Å². The normalized spacial score (nSPS) is 11.6. The number of para-hydroxylation sites is 4. The lowest BCUT2D eigenvalue weighted by Crippen LogP contribution is -2.10. The number of furan rings is 1. The van der Waals surface area contributed by atoms with Gasteiger partial charge in [-0.15, -0.1) is 0 Å². The zero-order valence-corrected chi connectivity index (χ0v) is 29.9. The van der Waals surface area contributed by atoms with Crippen LogP contribution in [0.5, 0.6) is 0 Å². The minimum absolute atomic E-state index is 0.903. The molecule has 0 radical (unpaired) electrons. The third-order valence-corrected chi connectivity index (χ3v) is 11.0. The molecule has 2 heterocycles. The first-order chi connectivity index (χ1) is 27.3. The first-order valence-electron chi connectivity index (χ1n) is 18.8. The van der Waals surface area contributed by atoms with Crippen LogP contribution in [0.15, 0.2) is 211 Å². The number of rotatable bonds is 6. The highest BCUT2D eigenvalue weighted by molar-refractivity contribution is 6.12. The highest BCUT2D eigenvalue weighted by atomic mass is 16.3. The second kappa shape index (κ2) is 12.6. The van der Waals surface area contributed by atoms with Crippen LogP contribution in [0.1, 0.15) is 0 Å². The molecule has 0 saturated heterocycles. The SMILES string of the molecule is c1ccc(-n2c3ccccc3c3ccccc32)c(-c2ccc(N(c3ccc(-c4cccc5oc6ccccc6c45)cc3)c3ccc4ccccc4c3)cc2)c1. The Morgan fingerprint density at radius 3 is 1.62 bits per heavy atom. The maximum atomic E-state index is 6.23. The van der Waals surface area contributed by atoms with Crippen LogP contribution in [-0.4, -0.2) is 4.57 Å². The lowest BCUT2D eigenvalue weighted by atomic mass is 9.99. The van der Waals surface area contributed by atoms with Gasteiger partial charge in [-0.05, 0) is 94.2 Å². The number of hydrogen-bond donors (Lipinski definition) is 0. The van der Waals surface area contributed by atoms with Gasteiger partial charge in [-0.2, -0.15) is 0 Å². The van der Waals surface area contributed by atoms with Gasteiger partial charge in [0.25, 0.3) is 0 Å². The number of anilines is 3. The van der Waals surface area contributed by atoms with Gasteiger partial charge in [-0.1, -0.05) is 140 Å². The molecule has 11 rings (SSSR count). The third kappa shape index (κ3) is 5.13. The number of hydrogen-bond acceptors (Lipinski definition) is 2. The van der Waals surface area contributed by atoms with Crippen molar-refractivity contribution in [3.8, 4) is 27.9 Å². The molecule has 0 bridgehead atoms. The summed E-state index contributed by atoms with van der Waals surface area (Å²) < 4.78 is 8.63. The number of benzene rings is 9. The Balaban J connectivity index is 1.02. The summed E-state index contributed by atoms with van der Waals surface area (Å²) in [5.74, 6) is 0. The smallest absolute Gasteiger partial charge is 0.136 e. The van der Waals surface area contributed by atoms with E-state index in [1.807, 2.05) is 12.1 Å². The lowest BCUT2D eigenvalue weighted by Gasteiger charge is -2.26. The van der Waals surface area contributed by atoms with Crippen molar-refractivity contribution in [2.75, 3.05) is 4.90 Å². The van der Waals surface area contributed by atoms with Gasteiger partial charge < -0.3 is 13.9 Å². The molecule has 0 aliphatic rings. The van der Waals surface area contributed by atoms with Crippen LogP contribution in [0.3, 0.4) is 0 Å². The molecular formula is C52H34N2O. The van der Waals surface area contributed by atoms with Crippen molar-refractivity contribution in [3.63, 3.8) is 0 Å². The lowest BCUT2D eigenvalue weighted by molar-refractivity contribution is 0.669. The van der Waals surface area contributed by atoms with Crippen molar-refractivity contribution < 1.29 is 4.42 Å². The van der Waals surface area contributed by atoms with Crippen LogP contribution < -0.4 is 4.90 Å². The average Bonchev–Trinajstić information content (AvgIpc) is 3.80. The topological polar surface area (TPSA) is 21.3 Å². The van der Waals surface area contributed by atoms with Crippen molar-refractivity contribution >= 4 is 71.6 Å². The molecule has 11 aromatic rings. The summed E-state index contributed by atoms with van der Waals surface area (Å²) in [6, 6.07) is 74.0. The Morgan fingerprint density at radius 1 is 0.364 bits per heavy atom. The fraction of sp³-hybridized carbons (Fsp3) is 0. The second-order valence-electron chi connectivity index (χ2n) is 14.1. The van der Waals surface area contributed by atoms with Crippen LogP contribution >= 0.6 is 0 Å². The number of aromatic nitrogens is 1. The molecule has 0 saturated carbocycles. The van der Waals surface area contributed by atoms with E-state index < -0.39 is 0 Å². The molecule has 0 fully saturated rings. The van der Waals surface area contributed by atoms with E-state index >= 15 is 0 Å². The maximum Gasteiger partial charge on any atom is 0.136 e. The Hall–Kier alpha value is -7.36. The van der Waals surface area contributed by atoms with Crippen molar-refractivity contribution in [1.29, 1.82) is 0 Å². The molecule has 3 heteroatoms. The van der Waals surface area contributed by atoms with E-state index in [1.54, 1.807) is 0 Å². The molecule has 55 heavy (non-hydrogen) atoms. The van der Waals surface area contributed by atoms with Gasteiger partial charge in [0, 0.05) is 44.2 Å². The van der Waals surface area contributed by atoms with Crippen molar-refractivity contribution in [2.24, 2.45) is 0 Å². The van der Waals surface area contributed by atoms with Gasteiger partial charge in [0.15, 0.2) is 0 Å². The summed E-state index contributed by atoms with van der Waals surface area (Å²) in [6.45, 7) is 0. The average molecular weight is 703 g/mol. The second-order valence-corrected chi connectivity index (χ2v) is 14.1. The molecule has 0 spiro atoms. The molecule has 258 valence electrons. The molecule has 2 aromatic heterocycles. The summed E-state index contributed by atoms with van der Waals surface area (Å²) in [4.78, 5) is 2.35. The van der Waals surface area contributed by atoms with Crippen molar-refractivity contribution in [2.45, 2.75) is 0 Å². The third-order valence-electron chi connectivity index (χ3n) is 11.0. The predicted octanol–water partition coefficient (Wildman–Crippen LogP) is 14.6. The van der Waals surface area contributed by atoms with E-state index in [0.717, 1.165) is 61.4 Å². The molecule has 0 amide bonds. The summed E-state index contributed by atoms with van der Waals surface area (Å²) in [5, 5.41) is 7.23. The summed E-state index contributed by atoms with van der Waals surface area (Å²) in [6.07, 6.45) is 0. The summed E-state index contributed by atoms with van der Waals surface area (Å²) >= 11 is 0. The van der Waals surface area contributed by atoms with Crippen LogP contribution in [-0.2, 0) is 0 Å². The van der Waals surface area contributed by atoms with E-state index in [9.17, 15) is 0 Å². The van der Waals surface area contributed by atoms with Gasteiger partial charge in [0.05, 0.1) is 16.7 Å². The Kier molecular flexibility index (Phi) is 7.17. The molecule has 0 unspecified atom stereocenters. The molecule has 0 atom stereocenters. The molecule has 0 N–H and O–H groups in total. The van der Waals surface area contributed by atoms with Gasteiger partial charge in [0.1, 0.15) is 11.2 Å². The van der Waals surface area contributed by atoms with Crippen molar-refractivity contribution in [1.82, 2.24) is 4.57 Å². The van der Waals surface area contributed by atoms with E-state index in [4.69, 9.17) is 4.42 Å². The molecule has 3 nitrogen and oxygen atoms in total. The van der Waals surface area contributed by atoms with Gasteiger partial charge in [-0.3, -0.25) is 0 Å². The van der Waals surface area contributed by atoms with Crippen LogP contribution in [0.2, 0.25) is 0 Å². The minimum atomic E-state index is 0.903. The Bertz CT molecular complexity index is 3150. The van der Waals surface area contributed by atoms with Gasteiger partial charge in [-0.25, -0.2) is 0 Å². The number of fused-ring (bicyclic) bond motifs is 7. The monoisotopic (exact) mass is 702 g/mol. The highest BCUT2D eigenvalue weighted by Crippen LogP contribution is 2.42. The fourth-order valence-corrected chi connectivity index (χ4v) is 8.45. The molecule has 0 aliphatic carbocycles. The Morgan fingerprint density at radius 2 is 0.891 bits per heavy atom. The van der Waals surface area contributed by atoms with E-state index in [0.29, 0.717) is 0 Å². The zero-order valence-electron chi connectivity index (χ0n) is 29.9. The van der Waals surface area contributed by atoms with E-state index in [2.05, 4.69) is 204 Å². The van der Waals surface area contributed by atoms with E-state index in [1.165, 1.54) is 38.1 Å². The van der Waals surface area contributed by atoms with Crippen LogP contribution in [0.25, 0.3) is 82.5 Å². The standard InChI is InChI=1S/C52H34N2O/c1-2-13-38-34-41(33-24-35(38)12-1)53(40-31-27-37(28-32-40)43-18-11-23-51-52(43)46-17-6-10-22-50(46)55-51)39-29-25-36(26-30-39)42-14-3-7-19-47(42)54-48-20-8-4-15-44(48)45-16-5-9-21-49(45)54/h1-34H. The molecular weight excluding hydrogens is 669 g/mol. The highest BCUT2D eigenvalue weighted by Gasteiger charge is 2.18. The summed E-state index contributed by atoms with van der Waals surface area (Å²) in [5.41, 5.74) is 13.3. The minimum Gasteiger partial charge on any atom is -0.456 e. The van der Waals surface area contributed by atoms with Gasteiger partial charge >= 0.3 is 0 Å². The molecule has 9 aromatic carbocycles. The van der Waals surface area contributed by atoms with E-state index in [-0.39, 0.29) is 0 Å². The van der Waals surface area contributed by atoms with Gasteiger partial charge in [0.2, 0.25) is 0 Å². The zero-order chi connectivity index (χ0) is 36.3. The largest absolute Gasteiger partial charge is 0.456 e. The first kappa shape index (κ1) is 31.2. The van der Waals surface area contributed by atoms with Crippen LogP contribution in [0, 0.1) is 0 Å². The maximum absolute atomic E-state index is 6.23. The van der Waals surface area contributed by atoms with Crippen molar-refractivity contribution in [3.05, 3.63) is 206 Å². The molecule has 0 aliphatic heterocycles. The summed E-state index contributed by atoms with van der Waals surface area (Å²) in [7, 11) is 0. The predicted molar refractivity (Wildman–Crippen MR) is 231 cm³/mol. The van der Waals surface area contributed by atoms with Crippen LogP contribution in [0.4, 0.5) is 17.1 Å². The first-order valence-corrected chi connectivity index (χ1v) is 18.8. The quantitative estimate of drug-likeness (QED) is 0.172. The number of nitrogens with zero attached hydrogens (tertiary/aromatic N) is 2.